The van der Waals surface area contributed by atoms with Crippen molar-refractivity contribution in [2.75, 3.05) is 32.7 Å². The Morgan fingerprint density at radius 3 is 2.36 bits per heavy atom. The summed E-state index contributed by atoms with van der Waals surface area (Å²) in [4.78, 5) is 16.6. The lowest BCUT2D eigenvalue weighted by Crippen LogP contribution is -2.49. The molecule has 1 heterocycles. The van der Waals surface area contributed by atoms with E-state index in [0.717, 1.165) is 44.2 Å². The van der Waals surface area contributed by atoms with Crippen molar-refractivity contribution < 1.29 is 4.79 Å². The molecule has 1 N–H and O–H groups in total. The van der Waals surface area contributed by atoms with Gasteiger partial charge in [-0.05, 0) is 31.0 Å². The minimum Gasteiger partial charge on any atom is -0.353 e. The van der Waals surface area contributed by atoms with Crippen LogP contribution < -0.4 is 5.32 Å². The summed E-state index contributed by atoms with van der Waals surface area (Å²) in [6, 6.07) is 8.29. The van der Waals surface area contributed by atoms with E-state index in [0.29, 0.717) is 6.54 Å². The van der Waals surface area contributed by atoms with Gasteiger partial charge < -0.3 is 5.32 Å². The van der Waals surface area contributed by atoms with E-state index in [1.165, 1.54) is 5.56 Å². The number of hydrogen-bond donors (Lipinski definition) is 1. The van der Waals surface area contributed by atoms with Gasteiger partial charge in [0.15, 0.2) is 0 Å². The Morgan fingerprint density at radius 1 is 1.18 bits per heavy atom. The largest absolute Gasteiger partial charge is 0.353 e. The second-order valence-corrected chi connectivity index (χ2v) is 6.49. The van der Waals surface area contributed by atoms with Crippen molar-refractivity contribution in [2.24, 2.45) is 0 Å². The van der Waals surface area contributed by atoms with Crippen LogP contribution in [-0.4, -0.2) is 54.5 Å². The monoisotopic (exact) mass is 323 g/mol. The third-order valence-electron chi connectivity index (χ3n) is 4.17. The van der Waals surface area contributed by atoms with Crippen molar-refractivity contribution in [3.8, 4) is 0 Å². The number of nitrogens with one attached hydrogen (secondary N) is 1. The summed E-state index contributed by atoms with van der Waals surface area (Å²) < 4.78 is 0. The van der Waals surface area contributed by atoms with Gasteiger partial charge in [0, 0.05) is 43.8 Å². The third kappa shape index (κ3) is 5.59. The van der Waals surface area contributed by atoms with Gasteiger partial charge in [-0.15, -0.1) is 0 Å². The number of hydrogen-bond acceptors (Lipinski definition) is 3. The number of carbonyl (C=O) groups is 1. The van der Waals surface area contributed by atoms with Crippen LogP contribution in [0.2, 0.25) is 5.02 Å². The highest BCUT2D eigenvalue weighted by Crippen LogP contribution is 2.12. The Balaban J connectivity index is 1.71. The van der Waals surface area contributed by atoms with Gasteiger partial charge >= 0.3 is 0 Å². The lowest BCUT2D eigenvalue weighted by atomic mass is 10.2. The second-order valence-electron chi connectivity index (χ2n) is 6.06. The zero-order chi connectivity index (χ0) is 15.9. The lowest BCUT2D eigenvalue weighted by Gasteiger charge is -2.34. The molecule has 5 heteroatoms. The molecule has 0 aromatic heterocycles. The first-order chi connectivity index (χ1) is 10.6. The molecule has 1 aromatic carbocycles. The first-order valence-electron chi connectivity index (χ1n) is 8.05. The first-order valence-corrected chi connectivity index (χ1v) is 8.43. The number of benzene rings is 1. The number of rotatable bonds is 6. The fraction of sp³-hybridized carbons (Fsp3) is 0.588. The second kappa shape index (κ2) is 8.51. The predicted molar refractivity (Wildman–Crippen MR) is 91.1 cm³/mol. The van der Waals surface area contributed by atoms with Crippen LogP contribution in [0.5, 0.6) is 0 Å². The maximum atomic E-state index is 11.9. The average molecular weight is 324 g/mol. The molecule has 1 amide bonds. The molecule has 2 rings (SSSR count). The molecule has 1 unspecified atom stereocenters. The Bertz CT molecular complexity index is 469. The summed E-state index contributed by atoms with van der Waals surface area (Å²) in [6.07, 6.45) is 0.973. The molecule has 1 saturated heterocycles. The number of piperazine rings is 1. The summed E-state index contributed by atoms with van der Waals surface area (Å²) in [7, 11) is 0. The highest BCUT2D eigenvalue weighted by atomic mass is 35.5. The molecule has 0 saturated carbocycles. The maximum absolute atomic E-state index is 11.9. The van der Waals surface area contributed by atoms with E-state index in [4.69, 9.17) is 11.6 Å². The molecule has 4 nitrogen and oxygen atoms in total. The van der Waals surface area contributed by atoms with Crippen LogP contribution in [0, 0.1) is 0 Å². The van der Waals surface area contributed by atoms with Crippen LogP contribution in [0.3, 0.4) is 0 Å². The normalized spacial score (nSPS) is 18.1. The van der Waals surface area contributed by atoms with Crippen molar-refractivity contribution in [1.29, 1.82) is 0 Å². The van der Waals surface area contributed by atoms with E-state index in [1.807, 2.05) is 19.1 Å². The number of nitrogens with zero attached hydrogens (tertiary/aromatic N) is 2. The van der Waals surface area contributed by atoms with Gasteiger partial charge in [0.25, 0.3) is 0 Å². The van der Waals surface area contributed by atoms with Gasteiger partial charge in [-0.1, -0.05) is 30.7 Å². The third-order valence-corrected chi connectivity index (χ3v) is 4.42. The number of carbonyl (C=O) groups excluding carboxylic acids is 1. The van der Waals surface area contributed by atoms with E-state index < -0.39 is 0 Å². The number of amides is 1. The summed E-state index contributed by atoms with van der Waals surface area (Å²) in [6.45, 7) is 9.48. The van der Waals surface area contributed by atoms with Gasteiger partial charge in [0.2, 0.25) is 5.91 Å². The quantitative estimate of drug-likeness (QED) is 0.873. The van der Waals surface area contributed by atoms with Gasteiger partial charge in [-0.3, -0.25) is 14.6 Å². The Morgan fingerprint density at radius 2 is 1.77 bits per heavy atom. The fourth-order valence-corrected chi connectivity index (χ4v) is 2.71. The summed E-state index contributed by atoms with van der Waals surface area (Å²) in [5.74, 6) is 0.139. The average Bonchev–Trinajstić information content (AvgIpc) is 2.51. The smallest absolute Gasteiger partial charge is 0.234 e. The Labute approximate surface area is 138 Å². The number of halogens is 1. The minimum absolute atomic E-state index is 0.139. The molecule has 0 aliphatic carbocycles. The van der Waals surface area contributed by atoms with Crippen LogP contribution in [0.25, 0.3) is 0 Å². The molecule has 1 aromatic rings. The SMILES string of the molecule is CCC(C)NC(=O)CN1CCN(Cc2ccc(Cl)cc2)CC1. The molecule has 1 aliphatic heterocycles. The summed E-state index contributed by atoms with van der Waals surface area (Å²) in [5.41, 5.74) is 1.28. The first kappa shape index (κ1) is 17.3. The maximum Gasteiger partial charge on any atom is 0.234 e. The van der Waals surface area contributed by atoms with Crippen LogP contribution in [-0.2, 0) is 11.3 Å². The zero-order valence-electron chi connectivity index (χ0n) is 13.5. The molecule has 1 atom stereocenters. The van der Waals surface area contributed by atoms with E-state index in [1.54, 1.807) is 0 Å². The van der Waals surface area contributed by atoms with Gasteiger partial charge in [-0.2, -0.15) is 0 Å². The van der Waals surface area contributed by atoms with E-state index in [2.05, 4.69) is 34.2 Å². The molecule has 122 valence electrons. The van der Waals surface area contributed by atoms with Crippen LogP contribution in [0.1, 0.15) is 25.8 Å². The molecular weight excluding hydrogens is 298 g/mol. The van der Waals surface area contributed by atoms with E-state index in [-0.39, 0.29) is 11.9 Å². The lowest BCUT2D eigenvalue weighted by molar-refractivity contribution is -0.123. The summed E-state index contributed by atoms with van der Waals surface area (Å²) in [5, 5.41) is 3.81. The molecule has 0 spiro atoms. The molecule has 1 aliphatic rings. The van der Waals surface area contributed by atoms with E-state index >= 15 is 0 Å². The zero-order valence-corrected chi connectivity index (χ0v) is 14.3. The molecule has 0 radical (unpaired) electrons. The Hall–Kier alpha value is -1.10. The van der Waals surface area contributed by atoms with Crippen LogP contribution in [0.15, 0.2) is 24.3 Å². The van der Waals surface area contributed by atoms with Crippen molar-refractivity contribution in [3.05, 3.63) is 34.9 Å². The van der Waals surface area contributed by atoms with Gasteiger partial charge in [-0.25, -0.2) is 0 Å². The van der Waals surface area contributed by atoms with E-state index in [9.17, 15) is 4.79 Å². The predicted octanol–water partition coefficient (Wildman–Crippen LogP) is 2.37. The molecule has 0 bridgehead atoms. The highest BCUT2D eigenvalue weighted by Gasteiger charge is 2.19. The van der Waals surface area contributed by atoms with Crippen molar-refractivity contribution in [3.63, 3.8) is 0 Å². The van der Waals surface area contributed by atoms with Crippen molar-refractivity contribution >= 4 is 17.5 Å². The molecular formula is C17H26ClN3O. The van der Waals surface area contributed by atoms with Gasteiger partial charge in [0.05, 0.1) is 6.54 Å². The van der Waals surface area contributed by atoms with Crippen LogP contribution >= 0.6 is 11.6 Å². The molecule has 1 fully saturated rings. The van der Waals surface area contributed by atoms with Crippen LogP contribution in [0.4, 0.5) is 0 Å². The highest BCUT2D eigenvalue weighted by molar-refractivity contribution is 6.30. The topological polar surface area (TPSA) is 35.6 Å². The van der Waals surface area contributed by atoms with Crippen molar-refractivity contribution in [1.82, 2.24) is 15.1 Å². The standard InChI is InChI=1S/C17H26ClN3O/c1-3-14(2)19-17(22)13-21-10-8-20(9-11-21)12-15-4-6-16(18)7-5-15/h4-7,14H,3,8-13H2,1-2H3,(H,19,22). The minimum atomic E-state index is 0.139. The fourth-order valence-electron chi connectivity index (χ4n) is 2.58. The Kier molecular flexibility index (Phi) is 6.68. The van der Waals surface area contributed by atoms with Crippen molar-refractivity contribution in [2.45, 2.75) is 32.9 Å². The molecule has 22 heavy (non-hydrogen) atoms. The summed E-state index contributed by atoms with van der Waals surface area (Å²) >= 11 is 5.91. The van der Waals surface area contributed by atoms with Gasteiger partial charge in [0.1, 0.15) is 0 Å².